The molecule has 0 bridgehead atoms. The molecule has 5 heterocycles. The molecule has 0 unspecified atom stereocenters. The molecule has 0 aliphatic carbocycles. The molecule has 1 aliphatic heterocycles. The van der Waals surface area contributed by atoms with Crippen molar-refractivity contribution in [2.75, 3.05) is 36.1 Å². The standard InChI is InChI=1S/C22H23N7O2S2/c1-15-14-28(11-12-29(15)33(2,30)31)17-7-10-24-20(13-17)27-22-26-19-4-3-18(25-21(19)32-22)16-5-8-23-9-6-16/h3-10,13,15H,11-12,14H2,1-2H3,(H,24,26,27)/t15-/m0/s1. The second kappa shape index (κ2) is 8.65. The van der Waals surface area contributed by atoms with Crippen LogP contribution in [-0.2, 0) is 10.0 Å². The van der Waals surface area contributed by atoms with Crippen molar-refractivity contribution in [3.8, 4) is 11.3 Å². The van der Waals surface area contributed by atoms with Crippen LogP contribution in [0.1, 0.15) is 6.92 Å². The number of piperazine rings is 1. The monoisotopic (exact) mass is 481 g/mol. The average Bonchev–Trinajstić information content (AvgIpc) is 3.20. The van der Waals surface area contributed by atoms with Gasteiger partial charge in [0.05, 0.1) is 11.9 Å². The highest BCUT2D eigenvalue weighted by Crippen LogP contribution is 2.30. The van der Waals surface area contributed by atoms with Gasteiger partial charge >= 0.3 is 0 Å². The summed E-state index contributed by atoms with van der Waals surface area (Å²) in [7, 11) is -3.20. The van der Waals surface area contributed by atoms with Gasteiger partial charge in [-0.2, -0.15) is 4.31 Å². The lowest BCUT2D eigenvalue weighted by Gasteiger charge is -2.39. The van der Waals surface area contributed by atoms with E-state index >= 15 is 0 Å². The maximum absolute atomic E-state index is 11.9. The van der Waals surface area contributed by atoms with Crippen LogP contribution in [0.25, 0.3) is 21.6 Å². The van der Waals surface area contributed by atoms with Gasteiger partial charge in [0.15, 0.2) is 5.13 Å². The van der Waals surface area contributed by atoms with E-state index in [1.165, 1.54) is 17.6 Å². The van der Waals surface area contributed by atoms with Crippen LogP contribution in [0.5, 0.6) is 0 Å². The number of aromatic nitrogens is 4. The minimum atomic E-state index is -3.20. The average molecular weight is 482 g/mol. The maximum atomic E-state index is 11.9. The zero-order valence-corrected chi connectivity index (χ0v) is 19.8. The Labute approximate surface area is 196 Å². The van der Waals surface area contributed by atoms with E-state index in [0.29, 0.717) is 30.6 Å². The third kappa shape index (κ3) is 4.65. The van der Waals surface area contributed by atoms with Crippen LogP contribution >= 0.6 is 11.3 Å². The Morgan fingerprint density at radius 1 is 1.06 bits per heavy atom. The summed E-state index contributed by atoms with van der Waals surface area (Å²) in [6.45, 7) is 3.65. The van der Waals surface area contributed by atoms with Crippen LogP contribution < -0.4 is 10.2 Å². The Morgan fingerprint density at radius 3 is 2.64 bits per heavy atom. The fourth-order valence-corrected chi connectivity index (χ4v) is 5.99. The van der Waals surface area contributed by atoms with E-state index < -0.39 is 10.0 Å². The maximum Gasteiger partial charge on any atom is 0.211 e. The molecule has 170 valence electrons. The molecular weight excluding hydrogens is 458 g/mol. The summed E-state index contributed by atoms with van der Waals surface area (Å²) in [6.07, 6.45) is 6.52. The first-order valence-electron chi connectivity index (χ1n) is 10.5. The Balaban J connectivity index is 1.34. The molecule has 1 N–H and O–H groups in total. The van der Waals surface area contributed by atoms with Gasteiger partial charge < -0.3 is 10.2 Å². The lowest BCUT2D eigenvalue weighted by Crippen LogP contribution is -2.53. The number of rotatable bonds is 5. The van der Waals surface area contributed by atoms with E-state index in [2.05, 4.69) is 25.2 Å². The third-order valence-electron chi connectivity index (χ3n) is 5.57. The molecule has 1 aliphatic rings. The van der Waals surface area contributed by atoms with Crippen molar-refractivity contribution < 1.29 is 8.42 Å². The number of anilines is 3. The molecule has 1 fully saturated rings. The van der Waals surface area contributed by atoms with Gasteiger partial charge in [0.1, 0.15) is 16.2 Å². The number of hydrogen-bond donors (Lipinski definition) is 1. The molecule has 11 heteroatoms. The lowest BCUT2D eigenvalue weighted by molar-refractivity contribution is 0.309. The van der Waals surface area contributed by atoms with Gasteiger partial charge in [0.2, 0.25) is 10.0 Å². The molecule has 4 aromatic rings. The van der Waals surface area contributed by atoms with Crippen molar-refractivity contribution in [1.82, 2.24) is 24.2 Å². The summed E-state index contributed by atoms with van der Waals surface area (Å²) < 4.78 is 25.4. The van der Waals surface area contributed by atoms with E-state index in [0.717, 1.165) is 27.3 Å². The normalized spacial score (nSPS) is 17.4. The first kappa shape index (κ1) is 21.7. The Kier molecular flexibility index (Phi) is 5.69. The van der Waals surface area contributed by atoms with Gasteiger partial charge in [-0.25, -0.2) is 23.4 Å². The summed E-state index contributed by atoms with van der Waals surface area (Å²) in [5.74, 6) is 0.680. The van der Waals surface area contributed by atoms with E-state index in [4.69, 9.17) is 4.98 Å². The number of fused-ring (bicyclic) bond motifs is 1. The minimum absolute atomic E-state index is 0.0942. The summed E-state index contributed by atoms with van der Waals surface area (Å²) >= 11 is 1.47. The summed E-state index contributed by atoms with van der Waals surface area (Å²) in [6, 6.07) is 11.6. The fraction of sp³-hybridized carbons (Fsp3) is 0.273. The molecule has 0 amide bonds. The van der Waals surface area contributed by atoms with Crippen molar-refractivity contribution in [2.45, 2.75) is 13.0 Å². The van der Waals surface area contributed by atoms with Gasteiger partial charge in [-0.3, -0.25) is 4.98 Å². The highest BCUT2D eigenvalue weighted by Gasteiger charge is 2.30. The molecule has 1 saturated heterocycles. The van der Waals surface area contributed by atoms with Gasteiger partial charge in [-0.15, -0.1) is 0 Å². The van der Waals surface area contributed by atoms with Crippen LogP contribution in [0, 0.1) is 0 Å². The zero-order chi connectivity index (χ0) is 23.0. The topological polar surface area (TPSA) is 104 Å². The van der Waals surface area contributed by atoms with E-state index in [1.54, 1.807) is 22.9 Å². The number of nitrogens with zero attached hydrogens (tertiary/aromatic N) is 6. The first-order valence-corrected chi connectivity index (χ1v) is 13.2. The number of thiazole rings is 1. The molecule has 33 heavy (non-hydrogen) atoms. The van der Waals surface area contributed by atoms with Crippen LogP contribution in [-0.4, -0.2) is 64.6 Å². The Morgan fingerprint density at radius 2 is 1.88 bits per heavy atom. The Hall–Kier alpha value is -3.15. The fourth-order valence-electron chi connectivity index (χ4n) is 4.02. The predicted molar refractivity (Wildman–Crippen MR) is 131 cm³/mol. The molecular formula is C22H23N7O2S2. The first-order chi connectivity index (χ1) is 15.9. The Bertz CT molecular complexity index is 1390. The molecule has 0 spiro atoms. The van der Waals surface area contributed by atoms with Crippen LogP contribution in [0.15, 0.2) is 55.0 Å². The smallest absolute Gasteiger partial charge is 0.211 e. The SMILES string of the molecule is C[C@H]1CN(c2ccnc(Nc3nc4ccc(-c5ccncc5)nc4s3)c2)CCN1S(C)(=O)=O. The van der Waals surface area contributed by atoms with E-state index in [-0.39, 0.29) is 6.04 Å². The molecule has 1 atom stereocenters. The van der Waals surface area contributed by atoms with Gasteiger partial charge in [0.25, 0.3) is 0 Å². The number of nitrogens with one attached hydrogen (secondary N) is 1. The van der Waals surface area contributed by atoms with Crippen molar-refractivity contribution >= 4 is 48.3 Å². The number of hydrogen-bond acceptors (Lipinski definition) is 9. The van der Waals surface area contributed by atoms with Gasteiger partial charge in [-0.1, -0.05) is 11.3 Å². The zero-order valence-electron chi connectivity index (χ0n) is 18.2. The van der Waals surface area contributed by atoms with Crippen molar-refractivity contribution in [2.24, 2.45) is 0 Å². The highest BCUT2D eigenvalue weighted by atomic mass is 32.2. The molecule has 9 nitrogen and oxygen atoms in total. The predicted octanol–water partition coefficient (Wildman–Crippen LogP) is 3.36. The quantitative estimate of drug-likeness (QED) is 0.463. The minimum Gasteiger partial charge on any atom is -0.368 e. The summed E-state index contributed by atoms with van der Waals surface area (Å²) in [5.41, 5.74) is 3.70. The molecule has 0 saturated carbocycles. The molecule has 0 radical (unpaired) electrons. The van der Waals surface area contributed by atoms with Gasteiger partial charge in [-0.05, 0) is 37.3 Å². The molecule has 0 aromatic carbocycles. The molecule has 4 aromatic heterocycles. The van der Waals surface area contributed by atoms with Crippen molar-refractivity contribution in [3.63, 3.8) is 0 Å². The van der Waals surface area contributed by atoms with Crippen LogP contribution in [0.2, 0.25) is 0 Å². The van der Waals surface area contributed by atoms with E-state index in [1.807, 2.05) is 43.3 Å². The second-order valence-corrected chi connectivity index (χ2v) is 10.9. The van der Waals surface area contributed by atoms with Crippen LogP contribution in [0.4, 0.5) is 16.6 Å². The number of sulfonamides is 1. The summed E-state index contributed by atoms with van der Waals surface area (Å²) in [4.78, 5) is 20.9. The second-order valence-electron chi connectivity index (χ2n) is 7.97. The lowest BCUT2D eigenvalue weighted by atomic mass is 10.2. The van der Waals surface area contributed by atoms with Crippen molar-refractivity contribution in [3.05, 3.63) is 55.0 Å². The highest BCUT2D eigenvalue weighted by molar-refractivity contribution is 7.88. The van der Waals surface area contributed by atoms with Crippen LogP contribution in [0.3, 0.4) is 0 Å². The number of pyridine rings is 3. The largest absolute Gasteiger partial charge is 0.368 e. The third-order valence-corrected chi connectivity index (χ3v) is 7.84. The van der Waals surface area contributed by atoms with Crippen molar-refractivity contribution in [1.29, 1.82) is 0 Å². The van der Waals surface area contributed by atoms with E-state index in [9.17, 15) is 8.42 Å². The summed E-state index contributed by atoms with van der Waals surface area (Å²) in [5, 5.41) is 4.00. The molecule has 5 rings (SSSR count). The van der Waals surface area contributed by atoms with Gasteiger partial charge in [0, 0.05) is 61.6 Å².